The van der Waals surface area contributed by atoms with Gasteiger partial charge in [-0.2, -0.15) is 4.98 Å². The van der Waals surface area contributed by atoms with Crippen LogP contribution < -0.4 is 15.1 Å². The van der Waals surface area contributed by atoms with E-state index in [-0.39, 0.29) is 0 Å². The molecule has 122 valence electrons. The third kappa shape index (κ3) is 3.69. The monoisotopic (exact) mass is 303 g/mol. The van der Waals surface area contributed by atoms with Crippen molar-refractivity contribution in [2.45, 2.75) is 45.6 Å². The van der Waals surface area contributed by atoms with Crippen LogP contribution in [0.5, 0.6) is 0 Å². The highest BCUT2D eigenvalue weighted by atomic mass is 15.3. The first kappa shape index (κ1) is 15.5. The van der Waals surface area contributed by atoms with Crippen LogP contribution in [0.25, 0.3) is 0 Å². The van der Waals surface area contributed by atoms with Crippen molar-refractivity contribution in [2.75, 3.05) is 42.5 Å². The average molecular weight is 303 g/mol. The lowest BCUT2D eigenvalue weighted by atomic mass is 10.1. The fourth-order valence-corrected chi connectivity index (χ4v) is 3.23. The smallest absolute Gasteiger partial charge is 0.227 e. The molecule has 0 radical (unpaired) electrons. The highest BCUT2D eigenvalue weighted by Gasteiger charge is 2.27. The zero-order valence-corrected chi connectivity index (χ0v) is 14.0. The van der Waals surface area contributed by atoms with Gasteiger partial charge >= 0.3 is 0 Å². The molecule has 0 aliphatic carbocycles. The summed E-state index contributed by atoms with van der Waals surface area (Å²) >= 11 is 0. The minimum atomic E-state index is 0.543. The van der Waals surface area contributed by atoms with Gasteiger partial charge in [0.1, 0.15) is 5.82 Å². The van der Waals surface area contributed by atoms with E-state index in [0.717, 1.165) is 44.5 Å². The molecular formula is C17H29N5. The summed E-state index contributed by atoms with van der Waals surface area (Å²) in [5, 5.41) is 3.36. The summed E-state index contributed by atoms with van der Waals surface area (Å²) in [4.78, 5) is 14.3. The second-order valence-electron chi connectivity index (χ2n) is 6.97. The fraction of sp³-hybridized carbons (Fsp3) is 0.765. The van der Waals surface area contributed by atoms with Crippen LogP contribution in [0.3, 0.4) is 0 Å². The number of anilines is 2. The Morgan fingerprint density at radius 2 is 1.95 bits per heavy atom. The zero-order chi connectivity index (χ0) is 15.4. The summed E-state index contributed by atoms with van der Waals surface area (Å²) in [5.74, 6) is 2.63. The summed E-state index contributed by atoms with van der Waals surface area (Å²) in [5.41, 5.74) is 0. The topological polar surface area (TPSA) is 44.3 Å². The molecule has 22 heavy (non-hydrogen) atoms. The first-order chi connectivity index (χ1) is 10.7. The van der Waals surface area contributed by atoms with E-state index in [1.807, 2.05) is 6.20 Å². The van der Waals surface area contributed by atoms with Crippen molar-refractivity contribution >= 4 is 11.8 Å². The van der Waals surface area contributed by atoms with Gasteiger partial charge in [-0.25, -0.2) is 4.98 Å². The Labute approximate surface area is 134 Å². The Bertz CT molecular complexity index is 464. The number of nitrogens with zero attached hydrogens (tertiary/aromatic N) is 4. The summed E-state index contributed by atoms with van der Waals surface area (Å²) in [6, 6.07) is 2.61. The molecule has 0 atom stereocenters. The Hall–Kier alpha value is -1.36. The number of rotatable bonds is 5. The maximum Gasteiger partial charge on any atom is 0.227 e. The number of aromatic nitrogens is 2. The van der Waals surface area contributed by atoms with Crippen LogP contribution in [0.1, 0.15) is 39.5 Å². The molecule has 3 heterocycles. The molecule has 2 saturated heterocycles. The van der Waals surface area contributed by atoms with Crippen LogP contribution in [0, 0.1) is 5.92 Å². The molecule has 0 aromatic carbocycles. The van der Waals surface area contributed by atoms with E-state index in [1.165, 1.54) is 25.7 Å². The molecule has 0 saturated carbocycles. The van der Waals surface area contributed by atoms with Gasteiger partial charge in [0, 0.05) is 38.9 Å². The van der Waals surface area contributed by atoms with E-state index in [9.17, 15) is 0 Å². The van der Waals surface area contributed by atoms with E-state index >= 15 is 0 Å². The van der Waals surface area contributed by atoms with Gasteiger partial charge in [-0.1, -0.05) is 26.7 Å². The van der Waals surface area contributed by atoms with Crippen LogP contribution in [0.4, 0.5) is 11.8 Å². The molecule has 3 rings (SSSR count). The van der Waals surface area contributed by atoms with Gasteiger partial charge < -0.3 is 15.1 Å². The van der Waals surface area contributed by atoms with Crippen molar-refractivity contribution < 1.29 is 0 Å². The molecule has 0 spiro atoms. The van der Waals surface area contributed by atoms with Crippen LogP contribution in [0.15, 0.2) is 12.3 Å². The van der Waals surface area contributed by atoms with Crippen molar-refractivity contribution in [3.63, 3.8) is 0 Å². The molecule has 1 N–H and O–H groups in total. The molecular weight excluding hydrogens is 274 g/mol. The zero-order valence-electron chi connectivity index (χ0n) is 14.0. The predicted octanol–water partition coefficient (Wildman–Crippen LogP) is 2.29. The molecule has 5 nitrogen and oxygen atoms in total. The van der Waals surface area contributed by atoms with Gasteiger partial charge in [-0.15, -0.1) is 0 Å². The summed E-state index contributed by atoms with van der Waals surface area (Å²) in [7, 11) is 0. The minimum absolute atomic E-state index is 0.543. The maximum absolute atomic E-state index is 4.91. The molecule has 1 aromatic rings. The number of hydrogen-bond acceptors (Lipinski definition) is 5. The van der Waals surface area contributed by atoms with Crippen LogP contribution in [-0.4, -0.2) is 48.7 Å². The van der Waals surface area contributed by atoms with Crippen LogP contribution in [-0.2, 0) is 0 Å². The van der Waals surface area contributed by atoms with E-state index in [4.69, 9.17) is 4.98 Å². The molecule has 0 bridgehead atoms. The van der Waals surface area contributed by atoms with Crippen LogP contribution in [0.2, 0.25) is 0 Å². The Balaban J connectivity index is 1.78. The van der Waals surface area contributed by atoms with Crippen molar-refractivity contribution in [1.82, 2.24) is 15.3 Å². The third-order valence-electron chi connectivity index (χ3n) is 4.58. The molecule has 0 unspecified atom stereocenters. The second kappa shape index (κ2) is 7.27. The molecule has 2 fully saturated rings. The lowest BCUT2D eigenvalue weighted by Gasteiger charge is -2.39. The molecule has 5 heteroatoms. The summed E-state index contributed by atoms with van der Waals surface area (Å²) < 4.78 is 0. The Morgan fingerprint density at radius 1 is 1.23 bits per heavy atom. The fourth-order valence-electron chi connectivity index (χ4n) is 3.23. The summed E-state index contributed by atoms with van der Waals surface area (Å²) in [6.45, 7) is 9.90. The van der Waals surface area contributed by atoms with Gasteiger partial charge in [0.15, 0.2) is 0 Å². The quantitative estimate of drug-likeness (QED) is 0.904. The second-order valence-corrected chi connectivity index (χ2v) is 6.97. The van der Waals surface area contributed by atoms with Gasteiger partial charge in [-0.05, 0) is 24.8 Å². The molecule has 2 aliphatic heterocycles. The van der Waals surface area contributed by atoms with E-state index in [2.05, 4.69) is 40.0 Å². The number of hydrogen-bond donors (Lipinski definition) is 1. The standard InChI is InChI=1S/C17H29N5/c1-14(2)13-22(15-11-18-12-15)17-19-8-7-16(20-17)21-9-5-3-4-6-10-21/h7-8,14-15,18H,3-6,9-13H2,1-2H3. The first-order valence-corrected chi connectivity index (χ1v) is 8.79. The highest BCUT2D eigenvalue weighted by Crippen LogP contribution is 2.22. The Kier molecular flexibility index (Phi) is 5.13. The SMILES string of the molecule is CC(C)CN(c1nccc(N2CCCCCC2)n1)C1CNC1. The highest BCUT2D eigenvalue weighted by molar-refractivity contribution is 5.45. The van der Waals surface area contributed by atoms with E-state index in [0.29, 0.717) is 12.0 Å². The molecule has 1 aromatic heterocycles. The first-order valence-electron chi connectivity index (χ1n) is 8.79. The number of nitrogens with one attached hydrogen (secondary N) is 1. The van der Waals surface area contributed by atoms with Gasteiger partial charge in [-0.3, -0.25) is 0 Å². The summed E-state index contributed by atoms with van der Waals surface area (Å²) in [6.07, 6.45) is 7.19. The van der Waals surface area contributed by atoms with Crippen molar-refractivity contribution in [2.24, 2.45) is 5.92 Å². The largest absolute Gasteiger partial charge is 0.356 e. The normalized spacial score (nSPS) is 19.9. The van der Waals surface area contributed by atoms with Crippen molar-refractivity contribution in [1.29, 1.82) is 0 Å². The maximum atomic E-state index is 4.91. The van der Waals surface area contributed by atoms with Gasteiger partial charge in [0.25, 0.3) is 0 Å². The third-order valence-corrected chi connectivity index (χ3v) is 4.58. The average Bonchev–Trinajstić information content (AvgIpc) is 2.73. The van der Waals surface area contributed by atoms with Gasteiger partial charge in [0.05, 0.1) is 6.04 Å². The van der Waals surface area contributed by atoms with Crippen molar-refractivity contribution in [3.05, 3.63) is 12.3 Å². The Morgan fingerprint density at radius 3 is 2.55 bits per heavy atom. The lowest BCUT2D eigenvalue weighted by Crippen LogP contribution is -2.58. The van der Waals surface area contributed by atoms with Gasteiger partial charge in [0.2, 0.25) is 5.95 Å². The van der Waals surface area contributed by atoms with E-state index in [1.54, 1.807) is 0 Å². The van der Waals surface area contributed by atoms with E-state index < -0.39 is 0 Å². The predicted molar refractivity (Wildman–Crippen MR) is 91.6 cm³/mol. The molecule has 0 amide bonds. The lowest BCUT2D eigenvalue weighted by molar-refractivity contribution is 0.393. The van der Waals surface area contributed by atoms with Crippen LogP contribution >= 0.6 is 0 Å². The van der Waals surface area contributed by atoms with Crippen molar-refractivity contribution in [3.8, 4) is 0 Å². The minimum Gasteiger partial charge on any atom is -0.356 e. The molecule has 2 aliphatic rings.